The van der Waals surface area contributed by atoms with Gasteiger partial charge in [0.15, 0.2) is 0 Å². The van der Waals surface area contributed by atoms with E-state index in [0.717, 1.165) is 5.56 Å². The van der Waals surface area contributed by atoms with E-state index in [4.69, 9.17) is 15.2 Å². The number of hydrogen-bond donors (Lipinski definition) is 1. The fourth-order valence-corrected chi connectivity index (χ4v) is 1.77. The van der Waals surface area contributed by atoms with Crippen molar-refractivity contribution in [3.63, 3.8) is 0 Å². The summed E-state index contributed by atoms with van der Waals surface area (Å²) in [5, 5.41) is 10.6. The number of nitrogen functional groups attached to an aromatic ring is 1. The maximum absolute atomic E-state index is 10.6. The van der Waals surface area contributed by atoms with Gasteiger partial charge in [-0.1, -0.05) is 30.3 Å². The molecule has 0 atom stereocenters. The van der Waals surface area contributed by atoms with Crippen molar-refractivity contribution in [1.29, 1.82) is 0 Å². The molecule has 0 saturated heterocycles. The smallest absolute Gasteiger partial charge is 0.292 e. The average Bonchev–Trinajstić information content (AvgIpc) is 2.47. The van der Waals surface area contributed by atoms with E-state index < -0.39 is 4.92 Å². The van der Waals surface area contributed by atoms with Gasteiger partial charge in [-0.2, -0.15) is 0 Å². The second-order valence-corrected chi connectivity index (χ2v) is 4.36. The van der Waals surface area contributed by atoms with Crippen LogP contribution in [0.5, 0.6) is 5.75 Å². The maximum atomic E-state index is 10.6. The summed E-state index contributed by atoms with van der Waals surface area (Å²) in [5.74, 6) is 0.487. The summed E-state index contributed by atoms with van der Waals surface area (Å²) in [5.41, 5.74) is 6.63. The number of ether oxygens (including phenoxy) is 2. The molecule has 6 nitrogen and oxygen atoms in total. The van der Waals surface area contributed by atoms with E-state index in [1.165, 1.54) is 18.2 Å². The molecule has 2 rings (SSSR count). The lowest BCUT2D eigenvalue weighted by molar-refractivity contribution is -0.383. The zero-order valence-corrected chi connectivity index (χ0v) is 11.4. The minimum absolute atomic E-state index is 0.0858. The lowest BCUT2D eigenvalue weighted by Crippen LogP contribution is -2.07. The second-order valence-electron chi connectivity index (χ2n) is 4.36. The van der Waals surface area contributed by atoms with Gasteiger partial charge in [0.25, 0.3) is 5.69 Å². The predicted octanol–water partition coefficient (Wildman–Crippen LogP) is 2.77. The molecule has 0 radical (unpaired) electrons. The largest absolute Gasteiger partial charge is 0.491 e. The molecule has 0 bridgehead atoms. The third-order valence-electron chi connectivity index (χ3n) is 2.80. The van der Waals surface area contributed by atoms with Crippen molar-refractivity contribution in [3.05, 3.63) is 64.2 Å². The third kappa shape index (κ3) is 4.47. The molecule has 0 saturated carbocycles. The van der Waals surface area contributed by atoms with Gasteiger partial charge in [-0.15, -0.1) is 0 Å². The summed E-state index contributed by atoms with van der Waals surface area (Å²) in [4.78, 5) is 10.1. The monoisotopic (exact) mass is 288 g/mol. The van der Waals surface area contributed by atoms with Crippen LogP contribution in [0.15, 0.2) is 48.5 Å². The van der Waals surface area contributed by atoms with Crippen LogP contribution in [0.3, 0.4) is 0 Å². The van der Waals surface area contributed by atoms with Crippen molar-refractivity contribution in [2.75, 3.05) is 18.9 Å². The van der Waals surface area contributed by atoms with Gasteiger partial charge >= 0.3 is 0 Å². The predicted molar refractivity (Wildman–Crippen MR) is 79.1 cm³/mol. The van der Waals surface area contributed by atoms with Crippen molar-refractivity contribution >= 4 is 11.4 Å². The van der Waals surface area contributed by atoms with Crippen LogP contribution in [-0.2, 0) is 11.3 Å². The maximum Gasteiger partial charge on any atom is 0.292 e. The van der Waals surface area contributed by atoms with E-state index in [-0.39, 0.29) is 11.4 Å². The highest BCUT2D eigenvalue weighted by Crippen LogP contribution is 2.25. The Balaban J connectivity index is 1.74. The fraction of sp³-hybridized carbons (Fsp3) is 0.200. The van der Waals surface area contributed by atoms with E-state index in [1.54, 1.807) is 0 Å². The first-order chi connectivity index (χ1) is 10.2. The van der Waals surface area contributed by atoms with E-state index in [1.807, 2.05) is 30.3 Å². The highest BCUT2D eigenvalue weighted by Gasteiger charge is 2.11. The first-order valence-electron chi connectivity index (χ1n) is 6.45. The van der Waals surface area contributed by atoms with Crippen LogP contribution >= 0.6 is 0 Å². The van der Waals surface area contributed by atoms with Crippen LogP contribution in [-0.4, -0.2) is 18.1 Å². The minimum atomic E-state index is -0.526. The van der Waals surface area contributed by atoms with E-state index in [9.17, 15) is 10.1 Å². The Morgan fingerprint density at radius 2 is 1.86 bits per heavy atom. The molecular formula is C15H16N2O4. The summed E-state index contributed by atoms with van der Waals surface area (Å²) in [6, 6.07) is 14.1. The van der Waals surface area contributed by atoms with Gasteiger partial charge in [0, 0.05) is 12.1 Å². The Bertz CT molecular complexity index is 602. The molecule has 0 aliphatic rings. The lowest BCUT2D eigenvalue weighted by Gasteiger charge is -2.08. The number of anilines is 1. The summed E-state index contributed by atoms with van der Waals surface area (Å²) in [7, 11) is 0. The summed E-state index contributed by atoms with van der Waals surface area (Å²) in [6.07, 6.45) is 0. The molecule has 0 heterocycles. The lowest BCUT2D eigenvalue weighted by atomic mass is 10.2. The van der Waals surface area contributed by atoms with Crippen LogP contribution in [0.1, 0.15) is 5.56 Å². The van der Waals surface area contributed by atoms with Crippen LogP contribution in [0, 0.1) is 10.1 Å². The summed E-state index contributed by atoms with van der Waals surface area (Å²) in [6.45, 7) is 1.29. The Kier molecular flexibility index (Phi) is 5.11. The van der Waals surface area contributed by atoms with Gasteiger partial charge in [-0.05, 0) is 11.6 Å². The van der Waals surface area contributed by atoms with Gasteiger partial charge in [-0.3, -0.25) is 10.1 Å². The number of rotatable bonds is 7. The topological polar surface area (TPSA) is 87.6 Å². The molecule has 21 heavy (non-hydrogen) atoms. The van der Waals surface area contributed by atoms with Crippen molar-refractivity contribution in [3.8, 4) is 5.75 Å². The standard InChI is InChI=1S/C15H16N2O4/c16-14-10-13(6-7-15(14)17(18)19)21-9-8-20-11-12-4-2-1-3-5-12/h1-7,10H,8-9,11,16H2. The highest BCUT2D eigenvalue weighted by atomic mass is 16.6. The van der Waals surface area contributed by atoms with Crippen LogP contribution in [0.4, 0.5) is 11.4 Å². The first-order valence-corrected chi connectivity index (χ1v) is 6.45. The van der Waals surface area contributed by atoms with Gasteiger partial charge < -0.3 is 15.2 Å². The molecule has 0 unspecified atom stereocenters. The average molecular weight is 288 g/mol. The van der Waals surface area contributed by atoms with Gasteiger partial charge in [0.1, 0.15) is 18.0 Å². The SMILES string of the molecule is Nc1cc(OCCOCc2ccccc2)ccc1[N+](=O)[O-]. The molecule has 0 amide bonds. The molecular weight excluding hydrogens is 272 g/mol. The number of nitro benzene ring substituents is 1. The molecule has 2 aromatic rings. The summed E-state index contributed by atoms with van der Waals surface area (Å²) < 4.78 is 10.9. The fourth-order valence-electron chi connectivity index (χ4n) is 1.77. The number of benzene rings is 2. The quantitative estimate of drug-likeness (QED) is 0.366. The molecule has 2 aromatic carbocycles. The van der Waals surface area contributed by atoms with Crippen molar-refractivity contribution < 1.29 is 14.4 Å². The molecule has 110 valence electrons. The van der Waals surface area contributed by atoms with Crippen LogP contribution in [0.2, 0.25) is 0 Å². The third-order valence-corrected chi connectivity index (χ3v) is 2.80. The number of nitrogens with two attached hydrogens (primary N) is 1. The Morgan fingerprint density at radius 1 is 1.10 bits per heavy atom. The van der Waals surface area contributed by atoms with Gasteiger partial charge in [-0.25, -0.2) is 0 Å². The van der Waals surface area contributed by atoms with Crippen molar-refractivity contribution in [1.82, 2.24) is 0 Å². The number of nitrogens with zero attached hydrogens (tertiary/aromatic N) is 1. The van der Waals surface area contributed by atoms with Gasteiger partial charge in [0.05, 0.1) is 18.1 Å². The molecule has 2 N–H and O–H groups in total. The normalized spacial score (nSPS) is 10.3. The zero-order chi connectivity index (χ0) is 15.1. The minimum Gasteiger partial charge on any atom is -0.491 e. The zero-order valence-electron chi connectivity index (χ0n) is 11.4. The molecule has 0 spiro atoms. The molecule has 6 heteroatoms. The van der Waals surface area contributed by atoms with E-state index >= 15 is 0 Å². The first kappa shape index (κ1) is 14.8. The Labute approximate surface area is 122 Å². The van der Waals surface area contributed by atoms with E-state index in [2.05, 4.69) is 0 Å². The molecule has 0 aliphatic heterocycles. The molecule has 0 fully saturated rings. The molecule has 0 aromatic heterocycles. The Hall–Kier alpha value is -2.60. The van der Waals surface area contributed by atoms with Crippen LogP contribution < -0.4 is 10.5 Å². The van der Waals surface area contributed by atoms with Crippen LogP contribution in [0.25, 0.3) is 0 Å². The number of nitro groups is 1. The summed E-state index contributed by atoms with van der Waals surface area (Å²) >= 11 is 0. The second kappa shape index (κ2) is 7.25. The van der Waals surface area contributed by atoms with E-state index in [0.29, 0.717) is 25.6 Å². The highest BCUT2D eigenvalue weighted by molar-refractivity contribution is 5.60. The van der Waals surface area contributed by atoms with Crippen molar-refractivity contribution in [2.24, 2.45) is 0 Å². The van der Waals surface area contributed by atoms with Gasteiger partial charge in [0.2, 0.25) is 0 Å². The molecule has 0 aliphatic carbocycles. The Morgan fingerprint density at radius 3 is 2.52 bits per heavy atom. The number of hydrogen-bond acceptors (Lipinski definition) is 5. The van der Waals surface area contributed by atoms with Crippen molar-refractivity contribution in [2.45, 2.75) is 6.61 Å².